The summed E-state index contributed by atoms with van der Waals surface area (Å²) in [5, 5.41) is 17.9. The smallest absolute Gasteiger partial charge is 0.245 e. The maximum absolute atomic E-state index is 9.40. The molecule has 5 rings (SSSR count). The molecule has 29 heavy (non-hydrogen) atoms. The Balaban J connectivity index is 0.000000302. The lowest BCUT2D eigenvalue weighted by molar-refractivity contribution is -0.109. The second-order valence-electron chi connectivity index (χ2n) is 7.26. The quantitative estimate of drug-likeness (QED) is 0.350. The van der Waals surface area contributed by atoms with Crippen LogP contribution in [0.3, 0.4) is 0 Å². The first-order valence-corrected chi connectivity index (χ1v) is 10.1. The number of hydrogen-bond donors (Lipinski definition) is 4. The van der Waals surface area contributed by atoms with Crippen molar-refractivity contribution in [1.82, 2.24) is 30.1 Å². The molecule has 4 heterocycles. The molecule has 0 atom stereocenters. The van der Waals surface area contributed by atoms with E-state index >= 15 is 0 Å². The molecule has 3 aromatic heterocycles. The minimum Gasteiger partial charge on any atom is -0.357 e. The third-order valence-corrected chi connectivity index (χ3v) is 5.00. The fourth-order valence-corrected chi connectivity index (χ4v) is 3.33. The van der Waals surface area contributed by atoms with Crippen molar-refractivity contribution in [2.45, 2.75) is 31.6 Å². The van der Waals surface area contributed by atoms with E-state index in [1.807, 2.05) is 22.8 Å². The second-order valence-corrected chi connectivity index (χ2v) is 7.26. The van der Waals surface area contributed by atoms with E-state index in [1.54, 1.807) is 0 Å². The van der Waals surface area contributed by atoms with Crippen LogP contribution in [0.2, 0.25) is 0 Å². The minimum absolute atomic E-state index is 0.513. The molecule has 10 heteroatoms. The van der Waals surface area contributed by atoms with Gasteiger partial charge in [0, 0.05) is 50.1 Å². The van der Waals surface area contributed by atoms with E-state index < -0.39 is 0 Å². The van der Waals surface area contributed by atoms with E-state index in [-0.39, 0.29) is 0 Å². The van der Waals surface area contributed by atoms with Crippen molar-refractivity contribution in [1.29, 1.82) is 0 Å². The Morgan fingerprint density at radius 3 is 2.83 bits per heavy atom. The van der Waals surface area contributed by atoms with Crippen LogP contribution in [0, 0.1) is 0 Å². The lowest BCUT2D eigenvalue weighted by Crippen LogP contribution is -2.22. The molecule has 1 saturated heterocycles. The number of nitrogens with two attached hydrogens (primary N) is 1. The number of nitrogens with one attached hydrogen (secondary N) is 3. The number of anilines is 3. The van der Waals surface area contributed by atoms with Crippen molar-refractivity contribution in [3.8, 4) is 0 Å². The van der Waals surface area contributed by atoms with Crippen LogP contribution in [0.5, 0.6) is 0 Å². The van der Waals surface area contributed by atoms with Gasteiger partial charge in [0.05, 0.1) is 0 Å². The third kappa shape index (κ3) is 4.65. The van der Waals surface area contributed by atoms with E-state index in [0.717, 1.165) is 36.2 Å². The summed E-state index contributed by atoms with van der Waals surface area (Å²) in [7, 11) is 0. The van der Waals surface area contributed by atoms with Gasteiger partial charge in [-0.05, 0) is 37.8 Å². The zero-order valence-corrected chi connectivity index (χ0v) is 16.3. The van der Waals surface area contributed by atoms with Crippen LogP contribution in [0.15, 0.2) is 24.4 Å². The topological polar surface area (TPSA) is 129 Å². The van der Waals surface area contributed by atoms with Crippen LogP contribution in [-0.2, 0) is 4.79 Å². The summed E-state index contributed by atoms with van der Waals surface area (Å²) < 4.78 is 1.89. The molecule has 1 aliphatic heterocycles. The van der Waals surface area contributed by atoms with Crippen LogP contribution in [-0.4, -0.2) is 57.4 Å². The lowest BCUT2D eigenvalue weighted by atomic mass is 10.3. The molecule has 1 aliphatic carbocycles. The number of H-pyrrole nitrogens is 1. The highest BCUT2D eigenvalue weighted by molar-refractivity contribution is 5.73. The number of amides is 1. The molecule has 0 unspecified atom stereocenters. The van der Waals surface area contributed by atoms with Gasteiger partial charge >= 0.3 is 0 Å². The molecule has 0 spiro atoms. The standard InChI is InChI=1S/C16H19N7.C3H8N2O/c1-2-8-22(7-1)16-18-15(13-4-3-9-23(13)21-16)17-14-10-12(19-20-14)11-5-6-11;4-1-2-5-3-6/h3-4,9-11H,1-2,5-8H2,(H2,17,18,19,20,21);3H,1-2,4H2,(H,5,6). The van der Waals surface area contributed by atoms with Crippen molar-refractivity contribution < 1.29 is 4.79 Å². The van der Waals surface area contributed by atoms with E-state index in [1.165, 1.54) is 31.4 Å². The van der Waals surface area contributed by atoms with Crippen LogP contribution < -0.4 is 21.3 Å². The molecular weight excluding hydrogens is 370 g/mol. The SMILES string of the molecule is NCCNC=O.c1cc2c(Nc3cc(C4CC4)[nH]n3)nc(N3CCCC3)nn2c1. The largest absolute Gasteiger partial charge is 0.357 e. The summed E-state index contributed by atoms with van der Waals surface area (Å²) in [5.74, 6) is 3.07. The number of aromatic amines is 1. The summed E-state index contributed by atoms with van der Waals surface area (Å²) in [4.78, 5) is 16.4. The van der Waals surface area contributed by atoms with Gasteiger partial charge in [-0.25, -0.2) is 4.52 Å². The monoisotopic (exact) mass is 397 g/mol. The number of aromatic nitrogens is 5. The summed E-state index contributed by atoms with van der Waals surface area (Å²) in [6, 6.07) is 6.10. The van der Waals surface area contributed by atoms with Crippen LogP contribution in [0.1, 0.15) is 37.3 Å². The fraction of sp³-hybridized carbons (Fsp3) is 0.474. The first-order valence-electron chi connectivity index (χ1n) is 10.1. The Morgan fingerprint density at radius 2 is 2.14 bits per heavy atom. The highest BCUT2D eigenvalue weighted by Crippen LogP contribution is 2.39. The lowest BCUT2D eigenvalue weighted by Gasteiger charge is -2.16. The first-order chi connectivity index (χ1) is 14.3. The van der Waals surface area contributed by atoms with Crippen LogP contribution in [0.25, 0.3) is 5.52 Å². The van der Waals surface area contributed by atoms with Gasteiger partial charge < -0.3 is 21.3 Å². The molecule has 5 N–H and O–H groups in total. The van der Waals surface area contributed by atoms with E-state index in [0.29, 0.717) is 25.4 Å². The maximum Gasteiger partial charge on any atom is 0.245 e. The summed E-state index contributed by atoms with van der Waals surface area (Å²) in [6.07, 6.45) is 7.53. The summed E-state index contributed by atoms with van der Waals surface area (Å²) in [6.45, 7) is 3.14. The Labute approximate surface area is 168 Å². The molecule has 2 fully saturated rings. The molecular formula is C19H27N9O. The van der Waals surface area contributed by atoms with E-state index in [9.17, 15) is 4.79 Å². The number of hydrogen-bond acceptors (Lipinski definition) is 7. The number of rotatable bonds is 7. The van der Waals surface area contributed by atoms with Gasteiger partial charge in [-0.15, -0.1) is 5.10 Å². The average molecular weight is 397 g/mol. The van der Waals surface area contributed by atoms with Crippen LogP contribution >= 0.6 is 0 Å². The van der Waals surface area contributed by atoms with Gasteiger partial charge in [-0.2, -0.15) is 10.1 Å². The van der Waals surface area contributed by atoms with Crippen molar-refractivity contribution in [2.24, 2.45) is 5.73 Å². The van der Waals surface area contributed by atoms with E-state index in [2.05, 4.69) is 36.9 Å². The molecule has 3 aromatic rings. The molecule has 154 valence electrons. The van der Waals surface area contributed by atoms with Gasteiger partial charge in [0.2, 0.25) is 12.4 Å². The normalized spacial score (nSPS) is 15.8. The predicted molar refractivity (Wildman–Crippen MR) is 111 cm³/mol. The number of nitrogens with zero attached hydrogens (tertiary/aromatic N) is 5. The molecule has 0 radical (unpaired) electrons. The third-order valence-electron chi connectivity index (χ3n) is 5.00. The van der Waals surface area contributed by atoms with Gasteiger partial charge in [0.25, 0.3) is 0 Å². The van der Waals surface area contributed by atoms with Gasteiger partial charge in [0.15, 0.2) is 11.6 Å². The second kappa shape index (κ2) is 8.91. The molecule has 0 bridgehead atoms. The van der Waals surface area contributed by atoms with Gasteiger partial charge in [-0.3, -0.25) is 9.89 Å². The van der Waals surface area contributed by atoms with Gasteiger partial charge in [-0.1, -0.05) is 0 Å². The number of carbonyl (C=O) groups is 1. The van der Waals surface area contributed by atoms with Gasteiger partial charge in [0.1, 0.15) is 5.52 Å². The Bertz CT molecular complexity index is 940. The highest BCUT2D eigenvalue weighted by Gasteiger charge is 2.25. The molecule has 1 amide bonds. The molecule has 0 aromatic carbocycles. The van der Waals surface area contributed by atoms with Crippen molar-refractivity contribution in [2.75, 3.05) is 36.4 Å². The maximum atomic E-state index is 9.40. The Hall–Kier alpha value is -3.14. The molecule has 10 nitrogen and oxygen atoms in total. The van der Waals surface area contributed by atoms with E-state index in [4.69, 9.17) is 10.7 Å². The minimum atomic E-state index is 0.513. The number of fused-ring (bicyclic) bond motifs is 1. The summed E-state index contributed by atoms with van der Waals surface area (Å²) in [5.41, 5.74) is 7.17. The number of carbonyl (C=O) groups excluding carboxylic acids is 1. The molecule has 2 aliphatic rings. The summed E-state index contributed by atoms with van der Waals surface area (Å²) >= 11 is 0. The van der Waals surface area contributed by atoms with Crippen LogP contribution in [0.4, 0.5) is 17.6 Å². The average Bonchev–Trinajstić information content (AvgIpc) is 3.16. The predicted octanol–water partition coefficient (Wildman–Crippen LogP) is 1.36. The fourth-order valence-electron chi connectivity index (χ4n) is 3.33. The van der Waals surface area contributed by atoms with Crippen molar-refractivity contribution in [3.63, 3.8) is 0 Å². The zero-order chi connectivity index (χ0) is 20.1. The Morgan fingerprint density at radius 1 is 1.31 bits per heavy atom. The Kier molecular flexibility index (Phi) is 5.89. The van der Waals surface area contributed by atoms with Crippen molar-refractivity contribution >= 4 is 29.5 Å². The zero-order valence-electron chi connectivity index (χ0n) is 16.3. The van der Waals surface area contributed by atoms with Crippen molar-refractivity contribution in [3.05, 3.63) is 30.1 Å². The molecule has 1 saturated carbocycles. The first kappa shape index (κ1) is 19.2. The highest BCUT2D eigenvalue weighted by atomic mass is 16.1.